The highest BCUT2D eigenvalue weighted by molar-refractivity contribution is 5.88. The Balaban J connectivity index is 2.63. The topological polar surface area (TPSA) is 33.5 Å². The van der Waals surface area contributed by atoms with Crippen molar-refractivity contribution in [3.63, 3.8) is 0 Å². The van der Waals surface area contributed by atoms with Crippen molar-refractivity contribution < 1.29 is 4.79 Å². The molecule has 0 aromatic rings. The third-order valence-electron chi connectivity index (χ3n) is 3.01. The number of Topliss-reactive ketones (excluding diaryl/α,β-unsaturated/α-hetero) is 1. The first-order valence-corrected chi connectivity index (χ1v) is 5.53. The van der Waals surface area contributed by atoms with Crippen LogP contribution in [0.1, 0.15) is 40.5 Å². The maximum Gasteiger partial charge on any atom is 0.238 e. The van der Waals surface area contributed by atoms with Gasteiger partial charge in [0, 0.05) is 11.8 Å². The maximum absolute atomic E-state index is 12.0. The molecule has 0 radical (unpaired) electrons. The van der Waals surface area contributed by atoms with Crippen molar-refractivity contribution in [1.29, 1.82) is 0 Å². The zero-order valence-electron chi connectivity index (χ0n) is 10.0. The van der Waals surface area contributed by atoms with Crippen LogP contribution >= 0.6 is 0 Å². The third-order valence-corrected chi connectivity index (χ3v) is 3.01. The second-order valence-electron chi connectivity index (χ2n) is 5.40. The predicted molar refractivity (Wildman–Crippen MR) is 60.5 cm³/mol. The van der Waals surface area contributed by atoms with Gasteiger partial charge in [-0.15, -0.1) is 0 Å². The number of ketones is 1. The van der Waals surface area contributed by atoms with Crippen molar-refractivity contribution in [1.82, 2.24) is 5.32 Å². The van der Waals surface area contributed by atoms with E-state index in [4.69, 9.17) is 6.57 Å². The van der Waals surface area contributed by atoms with Gasteiger partial charge in [0.15, 0.2) is 5.78 Å². The van der Waals surface area contributed by atoms with Crippen LogP contribution in [0.4, 0.5) is 0 Å². The number of carbonyl (C=O) groups excluding carboxylic acids is 1. The Morgan fingerprint density at radius 3 is 2.40 bits per heavy atom. The first-order chi connectivity index (χ1) is 6.86. The number of piperidine rings is 1. The Morgan fingerprint density at radius 2 is 2.00 bits per heavy atom. The summed E-state index contributed by atoms with van der Waals surface area (Å²) >= 11 is 0. The van der Waals surface area contributed by atoms with Gasteiger partial charge in [-0.05, 0) is 13.3 Å². The maximum atomic E-state index is 12.0. The fourth-order valence-electron chi connectivity index (χ4n) is 2.01. The summed E-state index contributed by atoms with van der Waals surface area (Å²) in [5, 5.41) is 3.26. The number of hydrogen-bond acceptors (Lipinski definition) is 2. The van der Waals surface area contributed by atoms with E-state index in [0.717, 1.165) is 12.8 Å². The van der Waals surface area contributed by atoms with Crippen LogP contribution in [-0.4, -0.2) is 23.9 Å². The zero-order chi connectivity index (χ0) is 11.6. The minimum absolute atomic E-state index is 0.0361. The number of nitrogens with zero attached hydrogens (tertiary/aromatic N) is 1. The molecule has 1 fully saturated rings. The van der Waals surface area contributed by atoms with E-state index < -0.39 is 0 Å². The molecule has 1 N–H and O–H groups in total. The fraction of sp³-hybridized carbons (Fsp3) is 0.833. The van der Waals surface area contributed by atoms with E-state index >= 15 is 0 Å². The smallest absolute Gasteiger partial charge is 0.238 e. The highest BCUT2D eigenvalue weighted by atomic mass is 16.1. The monoisotopic (exact) mass is 208 g/mol. The van der Waals surface area contributed by atoms with Crippen LogP contribution in [0.5, 0.6) is 0 Å². The zero-order valence-corrected chi connectivity index (χ0v) is 10.0. The Morgan fingerprint density at radius 1 is 1.40 bits per heavy atom. The number of rotatable bonds is 1. The Labute approximate surface area is 92.1 Å². The second-order valence-corrected chi connectivity index (χ2v) is 5.40. The minimum atomic E-state index is -0.289. The highest BCUT2D eigenvalue weighted by Crippen LogP contribution is 2.24. The largest absolute Gasteiger partial charge is 0.312 e. The van der Waals surface area contributed by atoms with Crippen molar-refractivity contribution in [3.8, 4) is 0 Å². The fourth-order valence-corrected chi connectivity index (χ4v) is 2.01. The van der Waals surface area contributed by atoms with Crippen LogP contribution in [0.3, 0.4) is 0 Å². The Hall–Kier alpha value is -0.880. The molecule has 1 rings (SSSR count). The van der Waals surface area contributed by atoms with E-state index in [2.05, 4.69) is 10.2 Å². The standard InChI is InChI=1S/C12H20N2O/c1-8-9(13-5)6-7-10(14-8)11(15)12(2,3)4/h8-10,14H,6-7H2,1-4H3. The van der Waals surface area contributed by atoms with Crippen molar-refractivity contribution in [2.75, 3.05) is 0 Å². The van der Waals surface area contributed by atoms with Gasteiger partial charge >= 0.3 is 0 Å². The molecule has 1 saturated heterocycles. The van der Waals surface area contributed by atoms with Crippen LogP contribution in [-0.2, 0) is 4.79 Å². The molecule has 1 heterocycles. The first-order valence-electron chi connectivity index (χ1n) is 5.53. The lowest BCUT2D eigenvalue weighted by Gasteiger charge is -2.32. The summed E-state index contributed by atoms with van der Waals surface area (Å²) in [6.45, 7) is 14.9. The lowest BCUT2D eigenvalue weighted by atomic mass is 9.82. The van der Waals surface area contributed by atoms with Crippen molar-refractivity contribution in [3.05, 3.63) is 11.4 Å². The predicted octanol–water partition coefficient (Wildman–Crippen LogP) is 2.03. The molecule has 0 aromatic carbocycles. The summed E-state index contributed by atoms with van der Waals surface area (Å²) in [5.74, 6) is 0.262. The quantitative estimate of drug-likeness (QED) is 0.669. The molecule has 1 aliphatic heterocycles. The van der Waals surface area contributed by atoms with Crippen molar-refractivity contribution in [2.45, 2.75) is 58.7 Å². The molecule has 0 bridgehead atoms. The van der Waals surface area contributed by atoms with Gasteiger partial charge in [0.1, 0.15) is 0 Å². The molecule has 3 nitrogen and oxygen atoms in total. The molecule has 3 atom stereocenters. The van der Waals surface area contributed by atoms with Gasteiger partial charge in [-0.1, -0.05) is 20.8 Å². The molecule has 0 aromatic heterocycles. The lowest BCUT2D eigenvalue weighted by molar-refractivity contribution is -0.129. The molecule has 15 heavy (non-hydrogen) atoms. The van der Waals surface area contributed by atoms with Crippen LogP contribution in [0, 0.1) is 12.0 Å². The highest BCUT2D eigenvalue weighted by Gasteiger charge is 2.37. The number of hydrogen-bond donors (Lipinski definition) is 1. The molecule has 0 spiro atoms. The van der Waals surface area contributed by atoms with Gasteiger partial charge in [0.2, 0.25) is 6.04 Å². The van der Waals surface area contributed by atoms with Gasteiger partial charge in [-0.3, -0.25) is 10.1 Å². The van der Waals surface area contributed by atoms with Crippen LogP contribution in [0.25, 0.3) is 4.85 Å². The van der Waals surface area contributed by atoms with E-state index in [1.165, 1.54) is 0 Å². The number of carbonyl (C=O) groups is 1. The summed E-state index contributed by atoms with van der Waals surface area (Å²) in [6.07, 6.45) is 1.64. The van der Waals surface area contributed by atoms with E-state index in [1.54, 1.807) is 0 Å². The molecular formula is C12H20N2O. The van der Waals surface area contributed by atoms with Crippen LogP contribution in [0.2, 0.25) is 0 Å². The molecule has 0 amide bonds. The molecule has 84 valence electrons. The van der Waals surface area contributed by atoms with E-state index in [9.17, 15) is 4.79 Å². The van der Waals surface area contributed by atoms with Gasteiger partial charge in [-0.25, -0.2) is 6.57 Å². The first kappa shape index (κ1) is 12.2. The van der Waals surface area contributed by atoms with Crippen LogP contribution < -0.4 is 5.32 Å². The SMILES string of the molecule is [C-]#[N+]C1CCC(C(=O)C(C)(C)C)NC1C. The second kappa shape index (κ2) is 4.32. The van der Waals surface area contributed by atoms with Crippen molar-refractivity contribution in [2.24, 2.45) is 5.41 Å². The van der Waals surface area contributed by atoms with Gasteiger partial charge < -0.3 is 4.85 Å². The molecule has 3 heteroatoms. The van der Waals surface area contributed by atoms with Crippen molar-refractivity contribution >= 4 is 5.78 Å². The average molecular weight is 208 g/mol. The van der Waals surface area contributed by atoms with E-state index in [0.29, 0.717) is 0 Å². The summed E-state index contributed by atoms with van der Waals surface area (Å²) in [7, 11) is 0. The normalized spacial score (nSPS) is 32.1. The summed E-state index contributed by atoms with van der Waals surface area (Å²) in [4.78, 5) is 15.6. The molecule has 0 saturated carbocycles. The van der Waals surface area contributed by atoms with Gasteiger partial charge in [0.05, 0.1) is 12.1 Å². The average Bonchev–Trinajstić information content (AvgIpc) is 2.15. The van der Waals surface area contributed by atoms with Crippen LogP contribution in [0.15, 0.2) is 0 Å². The molecule has 1 aliphatic rings. The summed E-state index contributed by atoms with van der Waals surface area (Å²) < 4.78 is 0. The van der Waals surface area contributed by atoms with Gasteiger partial charge in [-0.2, -0.15) is 0 Å². The van der Waals surface area contributed by atoms with Gasteiger partial charge in [0.25, 0.3) is 0 Å². The Bertz CT molecular complexity index is 285. The van der Waals surface area contributed by atoms with E-state index in [1.807, 2.05) is 27.7 Å². The molecule has 3 unspecified atom stereocenters. The van der Waals surface area contributed by atoms with E-state index in [-0.39, 0.29) is 29.3 Å². The summed E-state index contributed by atoms with van der Waals surface area (Å²) in [6, 6.07) is 0.111. The lowest BCUT2D eigenvalue weighted by Crippen LogP contribution is -2.53. The third kappa shape index (κ3) is 2.79. The molecular weight excluding hydrogens is 188 g/mol. The summed E-state index contributed by atoms with van der Waals surface area (Å²) in [5.41, 5.74) is -0.289. The molecule has 0 aliphatic carbocycles. The number of nitrogens with one attached hydrogen (secondary N) is 1. The Kier molecular flexibility index (Phi) is 3.51. The minimum Gasteiger partial charge on any atom is -0.312 e.